The van der Waals surface area contributed by atoms with Gasteiger partial charge in [-0.25, -0.2) is 9.50 Å². The van der Waals surface area contributed by atoms with Gasteiger partial charge >= 0.3 is 6.18 Å². The summed E-state index contributed by atoms with van der Waals surface area (Å²) in [7, 11) is 0. The highest BCUT2D eigenvalue weighted by atomic mass is 32.1. The Labute approximate surface area is 170 Å². The van der Waals surface area contributed by atoms with Gasteiger partial charge in [0.15, 0.2) is 11.3 Å². The monoisotopic (exact) mass is 422 g/mol. The summed E-state index contributed by atoms with van der Waals surface area (Å²) in [5.74, 6) is -0.183. The fourth-order valence-electron chi connectivity index (χ4n) is 3.74. The predicted molar refractivity (Wildman–Crippen MR) is 104 cm³/mol. The molecular formula is C20H21F3N4OS. The van der Waals surface area contributed by atoms with E-state index in [1.165, 1.54) is 11.3 Å². The van der Waals surface area contributed by atoms with E-state index in [4.69, 9.17) is 0 Å². The summed E-state index contributed by atoms with van der Waals surface area (Å²) in [5.41, 5.74) is 0.000464. The van der Waals surface area contributed by atoms with Crippen LogP contribution in [0, 0.1) is 5.92 Å². The molecule has 0 saturated carbocycles. The van der Waals surface area contributed by atoms with E-state index < -0.39 is 11.9 Å². The van der Waals surface area contributed by atoms with Crippen molar-refractivity contribution in [1.29, 1.82) is 0 Å². The largest absolute Gasteiger partial charge is 0.433 e. The lowest BCUT2D eigenvalue weighted by atomic mass is 9.97. The Morgan fingerprint density at radius 3 is 2.72 bits per heavy atom. The lowest BCUT2D eigenvalue weighted by Gasteiger charge is -2.35. The normalized spacial score (nSPS) is 18.0. The van der Waals surface area contributed by atoms with E-state index in [-0.39, 0.29) is 29.2 Å². The minimum absolute atomic E-state index is 0.00460. The zero-order chi connectivity index (χ0) is 20.8. The number of carbonyl (C=O) groups excluding carboxylic acids is 1. The zero-order valence-electron chi connectivity index (χ0n) is 16.1. The standard InChI is InChI=1S/C20H21F3N4OS/c1-12(2)19(28)26-8-4-3-6-15(26)13-11-18-24-14(16-7-5-9-29-16)10-17(20(21,22)23)27(18)25-13/h5,7,9-12,15H,3-4,6,8H2,1-2H3. The van der Waals surface area contributed by atoms with Crippen LogP contribution in [-0.2, 0) is 11.0 Å². The van der Waals surface area contributed by atoms with Crippen LogP contribution >= 0.6 is 11.3 Å². The number of thiophene rings is 1. The summed E-state index contributed by atoms with van der Waals surface area (Å²) in [6.45, 7) is 4.25. The van der Waals surface area contributed by atoms with Crippen molar-refractivity contribution in [1.82, 2.24) is 19.5 Å². The lowest BCUT2D eigenvalue weighted by Crippen LogP contribution is -2.40. The Balaban J connectivity index is 1.83. The van der Waals surface area contributed by atoms with Gasteiger partial charge in [-0.3, -0.25) is 4.79 Å². The van der Waals surface area contributed by atoms with E-state index in [2.05, 4.69) is 10.1 Å². The molecule has 0 bridgehead atoms. The van der Waals surface area contributed by atoms with E-state index in [0.29, 0.717) is 23.5 Å². The van der Waals surface area contributed by atoms with Crippen molar-refractivity contribution in [2.24, 2.45) is 5.92 Å². The van der Waals surface area contributed by atoms with Gasteiger partial charge in [0.05, 0.1) is 22.3 Å². The van der Waals surface area contributed by atoms with Crippen LogP contribution in [0.1, 0.15) is 50.5 Å². The number of amides is 1. The molecule has 5 nitrogen and oxygen atoms in total. The van der Waals surface area contributed by atoms with Gasteiger partial charge in [0.25, 0.3) is 0 Å². The van der Waals surface area contributed by atoms with Crippen molar-refractivity contribution in [2.45, 2.75) is 45.3 Å². The number of likely N-dealkylation sites (tertiary alicyclic amines) is 1. The van der Waals surface area contributed by atoms with Gasteiger partial charge in [0, 0.05) is 18.5 Å². The van der Waals surface area contributed by atoms with Crippen LogP contribution in [0.25, 0.3) is 16.2 Å². The number of piperidine rings is 1. The maximum atomic E-state index is 13.8. The number of nitrogens with zero attached hydrogens (tertiary/aromatic N) is 4. The number of fused-ring (bicyclic) bond motifs is 1. The quantitative estimate of drug-likeness (QED) is 0.584. The molecule has 4 heterocycles. The third-order valence-electron chi connectivity index (χ3n) is 5.13. The number of alkyl halides is 3. The first kappa shape index (κ1) is 19.9. The first-order valence-corrected chi connectivity index (χ1v) is 10.5. The first-order valence-electron chi connectivity index (χ1n) is 9.58. The molecule has 4 rings (SSSR count). The molecule has 1 aliphatic heterocycles. The molecule has 154 valence electrons. The third kappa shape index (κ3) is 3.75. The number of hydrogen-bond donors (Lipinski definition) is 0. The summed E-state index contributed by atoms with van der Waals surface area (Å²) >= 11 is 1.33. The van der Waals surface area contributed by atoms with Crippen LogP contribution in [-0.4, -0.2) is 31.9 Å². The molecule has 1 unspecified atom stereocenters. The molecule has 3 aromatic rings. The molecular weight excluding hydrogens is 401 g/mol. The summed E-state index contributed by atoms with van der Waals surface area (Å²) < 4.78 is 42.1. The molecule has 9 heteroatoms. The van der Waals surface area contributed by atoms with Crippen LogP contribution in [0.4, 0.5) is 13.2 Å². The maximum Gasteiger partial charge on any atom is 0.433 e. The highest BCUT2D eigenvalue weighted by molar-refractivity contribution is 7.13. The molecule has 29 heavy (non-hydrogen) atoms. The van der Waals surface area contributed by atoms with Gasteiger partial charge < -0.3 is 4.90 Å². The Morgan fingerprint density at radius 2 is 2.07 bits per heavy atom. The van der Waals surface area contributed by atoms with Gasteiger partial charge in [-0.05, 0) is 36.8 Å². The van der Waals surface area contributed by atoms with Gasteiger partial charge in [0.2, 0.25) is 5.91 Å². The van der Waals surface area contributed by atoms with Crippen molar-refractivity contribution in [3.8, 4) is 10.6 Å². The second-order valence-electron chi connectivity index (χ2n) is 7.54. The SMILES string of the molecule is CC(C)C(=O)N1CCCCC1c1cc2nc(-c3cccs3)cc(C(F)(F)F)n2n1. The molecule has 0 aliphatic carbocycles. The smallest absolute Gasteiger partial charge is 0.334 e. The highest BCUT2D eigenvalue weighted by Gasteiger charge is 2.37. The van der Waals surface area contributed by atoms with Crippen molar-refractivity contribution in [3.05, 3.63) is 41.0 Å². The Morgan fingerprint density at radius 1 is 1.28 bits per heavy atom. The molecule has 1 aliphatic rings. The van der Waals surface area contributed by atoms with E-state index in [0.717, 1.165) is 23.4 Å². The molecule has 0 spiro atoms. The average molecular weight is 422 g/mol. The van der Waals surface area contributed by atoms with E-state index in [9.17, 15) is 18.0 Å². The van der Waals surface area contributed by atoms with Crippen molar-refractivity contribution >= 4 is 22.9 Å². The number of hydrogen-bond acceptors (Lipinski definition) is 4. The maximum absolute atomic E-state index is 13.8. The molecule has 1 saturated heterocycles. The van der Waals surface area contributed by atoms with Gasteiger partial charge in [-0.15, -0.1) is 11.3 Å². The Hall–Kier alpha value is -2.42. The summed E-state index contributed by atoms with van der Waals surface area (Å²) in [6.07, 6.45) is -2.10. The van der Waals surface area contributed by atoms with Crippen molar-refractivity contribution in [2.75, 3.05) is 6.54 Å². The van der Waals surface area contributed by atoms with E-state index >= 15 is 0 Å². The van der Waals surface area contributed by atoms with Gasteiger partial charge in [0.1, 0.15) is 0 Å². The molecule has 1 fully saturated rings. The molecule has 1 amide bonds. The fourth-order valence-corrected chi connectivity index (χ4v) is 4.43. The third-order valence-corrected chi connectivity index (χ3v) is 6.02. The van der Waals surface area contributed by atoms with Crippen molar-refractivity contribution < 1.29 is 18.0 Å². The second-order valence-corrected chi connectivity index (χ2v) is 8.49. The Kier molecular flexibility index (Phi) is 5.10. The van der Waals surface area contributed by atoms with Crippen molar-refractivity contribution in [3.63, 3.8) is 0 Å². The molecule has 0 N–H and O–H groups in total. The minimum Gasteiger partial charge on any atom is -0.334 e. The number of carbonyl (C=O) groups is 1. The number of aromatic nitrogens is 3. The zero-order valence-corrected chi connectivity index (χ0v) is 16.9. The molecule has 3 aromatic heterocycles. The fraction of sp³-hybridized carbons (Fsp3) is 0.450. The van der Waals surface area contributed by atoms with E-state index in [1.54, 1.807) is 28.5 Å². The average Bonchev–Trinajstić information content (AvgIpc) is 3.35. The summed E-state index contributed by atoms with van der Waals surface area (Å²) in [4.78, 5) is 19.5. The van der Waals surface area contributed by atoms with Crippen LogP contribution in [0.15, 0.2) is 29.6 Å². The van der Waals surface area contributed by atoms with Crippen LogP contribution in [0.5, 0.6) is 0 Å². The van der Waals surface area contributed by atoms with Crippen LogP contribution in [0.2, 0.25) is 0 Å². The number of halogens is 3. The molecule has 1 atom stereocenters. The summed E-state index contributed by atoms with van der Waals surface area (Å²) in [6, 6.07) is 5.81. The van der Waals surface area contributed by atoms with Gasteiger partial charge in [-0.2, -0.15) is 18.3 Å². The first-order chi connectivity index (χ1) is 13.8. The topological polar surface area (TPSA) is 50.5 Å². The van der Waals surface area contributed by atoms with Gasteiger partial charge in [-0.1, -0.05) is 19.9 Å². The van der Waals surface area contributed by atoms with Crippen LogP contribution in [0.3, 0.4) is 0 Å². The highest BCUT2D eigenvalue weighted by Crippen LogP contribution is 2.36. The van der Waals surface area contributed by atoms with E-state index in [1.807, 2.05) is 13.8 Å². The Bertz CT molecular complexity index is 1030. The lowest BCUT2D eigenvalue weighted by molar-refractivity contribution is -0.143. The molecule has 0 aromatic carbocycles. The summed E-state index contributed by atoms with van der Waals surface area (Å²) in [5, 5.41) is 6.06. The second kappa shape index (κ2) is 7.44. The van der Waals surface area contributed by atoms with Crippen LogP contribution < -0.4 is 0 Å². The predicted octanol–water partition coefficient (Wildman–Crippen LogP) is 5.19. The molecule has 0 radical (unpaired) electrons. The number of rotatable bonds is 3. The minimum atomic E-state index is -4.57.